The minimum absolute atomic E-state index is 0.199. The summed E-state index contributed by atoms with van der Waals surface area (Å²) in [6.07, 6.45) is 23.5. The lowest BCUT2D eigenvalue weighted by Crippen LogP contribution is -2.59. The molecule has 10 atom stereocenters. The Bertz CT molecular complexity index is 699. The third-order valence-corrected chi connectivity index (χ3v) is 12.2. The second kappa shape index (κ2) is 10.6. The van der Waals surface area contributed by atoms with Crippen LogP contribution >= 0.6 is 0 Å². The van der Waals surface area contributed by atoms with Gasteiger partial charge >= 0.3 is 0 Å². The fraction of sp³-hybridized carbons (Fsp3) is 0.848. The summed E-state index contributed by atoms with van der Waals surface area (Å²) in [6.45, 7) is 13.5. The van der Waals surface area contributed by atoms with Crippen LogP contribution in [0.4, 0.5) is 0 Å². The third kappa shape index (κ3) is 5.03. The minimum atomic E-state index is -0.199. The summed E-state index contributed by atoms with van der Waals surface area (Å²) < 4.78 is 0. The molecule has 0 amide bonds. The zero-order valence-electron chi connectivity index (χ0n) is 23.4. The van der Waals surface area contributed by atoms with Crippen LogP contribution in [0.15, 0.2) is 0 Å². The molecule has 2 nitrogen and oxygen atoms in total. The molecule has 5 saturated carbocycles. The predicted molar refractivity (Wildman–Crippen MR) is 147 cm³/mol. The number of hydrogen-bond acceptors (Lipinski definition) is 2. The van der Waals surface area contributed by atoms with E-state index in [0.29, 0.717) is 10.8 Å². The predicted octanol–water partition coefficient (Wildman–Crippen LogP) is 7.44. The molecule has 0 spiro atoms. The molecule has 5 aliphatic carbocycles. The molecule has 0 aromatic rings. The van der Waals surface area contributed by atoms with E-state index in [-0.39, 0.29) is 12.1 Å². The number of hydrogen-bond donors (Lipinski definition) is 2. The van der Waals surface area contributed by atoms with Gasteiger partial charge in [0.05, 0.1) is 6.10 Å². The lowest BCUT2D eigenvalue weighted by atomic mass is 9.44. The van der Waals surface area contributed by atoms with E-state index in [0.717, 1.165) is 54.4 Å². The topological polar surface area (TPSA) is 32.3 Å². The molecule has 2 heteroatoms. The zero-order valence-corrected chi connectivity index (χ0v) is 23.4. The monoisotopic (exact) mass is 480 g/mol. The first kappa shape index (κ1) is 26.5. The van der Waals surface area contributed by atoms with Crippen LogP contribution in [0.5, 0.6) is 0 Å². The summed E-state index contributed by atoms with van der Waals surface area (Å²) in [4.78, 5) is 0. The van der Waals surface area contributed by atoms with E-state index >= 15 is 0 Å². The fourth-order valence-electron chi connectivity index (χ4n) is 10.3. The van der Waals surface area contributed by atoms with E-state index in [9.17, 15) is 5.11 Å². The van der Waals surface area contributed by atoms with Gasteiger partial charge in [0.2, 0.25) is 0 Å². The molecule has 35 heavy (non-hydrogen) atoms. The Morgan fingerprint density at radius 2 is 1.69 bits per heavy atom. The summed E-state index contributed by atoms with van der Waals surface area (Å²) in [5, 5.41) is 15.0. The van der Waals surface area contributed by atoms with E-state index in [1.165, 1.54) is 70.1 Å². The van der Waals surface area contributed by atoms with Crippen molar-refractivity contribution in [1.29, 1.82) is 0 Å². The molecule has 0 aromatic carbocycles. The van der Waals surface area contributed by atoms with Crippen molar-refractivity contribution in [2.24, 2.45) is 52.3 Å². The van der Waals surface area contributed by atoms with Gasteiger partial charge in [-0.2, -0.15) is 0 Å². The molecule has 5 fully saturated rings. The zero-order chi connectivity index (χ0) is 24.8. The quantitative estimate of drug-likeness (QED) is 0.378. The normalized spacial score (nSPS) is 46.9. The van der Waals surface area contributed by atoms with Crippen LogP contribution in [-0.4, -0.2) is 23.8 Å². The lowest BCUT2D eigenvalue weighted by Gasteiger charge is -2.62. The Morgan fingerprint density at radius 3 is 2.43 bits per heavy atom. The van der Waals surface area contributed by atoms with Crippen molar-refractivity contribution in [1.82, 2.24) is 5.32 Å². The average Bonchev–Trinajstić information content (AvgIpc) is 3.44. The molecule has 0 bridgehead atoms. The van der Waals surface area contributed by atoms with Gasteiger partial charge < -0.3 is 10.4 Å². The number of aliphatic hydroxyl groups is 1. The maximum atomic E-state index is 11.3. The van der Waals surface area contributed by atoms with Gasteiger partial charge in [0.1, 0.15) is 0 Å². The smallest absolute Gasteiger partial charge is 0.0698 e. The molecule has 0 aromatic heterocycles. The Labute approximate surface area is 218 Å². The third-order valence-electron chi connectivity index (χ3n) is 12.2. The Kier molecular flexibility index (Phi) is 8.02. The molecule has 0 aliphatic heterocycles. The van der Waals surface area contributed by atoms with Crippen LogP contribution in [0.25, 0.3) is 0 Å². The second-order valence-corrected chi connectivity index (χ2v) is 14.5. The highest BCUT2D eigenvalue weighted by atomic mass is 16.3. The van der Waals surface area contributed by atoms with E-state index in [2.05, 4.69) is 65.6 Å². The second-order valence-electron chi connectivity index (χ2n) is 14.5. The Hall–Kier alpha value is -0.0800. The summed E-state index contributed by atoms with van der Waals surface area (Å²) in [5.74, 6) is 7.46. The van der Waals surface area contributed by atoms with Gasteiger partial charge in [0.25, 0.3) is 0 Å². The molecular formula is C33H54NO. The van der Waals surface area contributed by atoms with Crippen LogP contribution < -0.4 is 5.32 Å². The van der Waals surface area contributed by atoms with E-state index < -0.39 is 0 Å². The van der Waals surface area contributed by atoms with Crippen LogP contribution in [0, 0.1) is 83.9 Å². The van der Waals surface area contributed by atoms with Crippen LogP contribution in [0.2, 0.25) is 0 Å². The first-order valence-corrected chi connectivity index (χ1v) is 15.3. The molecular weight excluding hydrogens is 426 g/mol. The highest BCUT2D eigenvalue weighted by molar-refractivity contribution is 5.36. The maximum absolute atomic E-state index is 11.3. The molecule has 2 N–H and O–H groups in total. The Morgan fingerprint density at radius 1 is 0.943 bits per heavy atom. The van der Waals surface area contributed by atoms with Gasteiger partial charge in [0, 0.05) is 12.6 Å². The standard InChI is InChI=1S/C33H54NO/c1-22(2)9-8-10-23(3)27-15-16-28-26-14-13-25-19-30(34-21-24-11-6-7-12-24)31(35)20-33(25,5)29(26)17-18-32(27,28)4/h6-7,11-12,22-23,25-31,34-35H,8-10,13-21H2,1-5H3/t23-,25?,26+,27-,28+,29+,30+,31+,32-,33+/m1/s1. The van der Waals surface area contributed by atoms with E-state index in [1.807, 2.05) is 0 Å². The summed E-state index contributed by atoms with van der Waals surface area (Å²) in [6, 6.07) is 0.260. The summed E-state index contributed by atoms with van der Waals surface area (Å²) in [7, 11) is 0. The molecule has 5 radical (unpaired) electrons. The SMILES string of the molecule is CC(C)CCC[C@@H](C)[C@H]1CC[C@H]2[C@@H]3CCC4C[C@H](NC[C]5[CH][CH][CH][CH]5)[C@@H](O)C[C@]4(C)[C@H]3CC[C@]12C. The summed E-state index contributed by atoms with van der Waals surface area (Å²) >= 11 is 0. The number of rotatable bonds is 8. The van der Waals surface area contributed by atoms with E-state index in [4.69, 9.17) is 0 Å². The van der Waals surface area contributed by atoms with Crippen LogP contribution in [0.1, 0.15) is 105 Å². The van der Waals surface area contributed by atoms with Gasteiger partial charge in [-0.25, -0.2) is 0 Å². The van der Waals surface area contributed by atoms with Gasteiger partial charge in [-0.1, -0.05) is 53.9 Å². The molecule has 0 heterocycles. The van der Waals surface area contributed by atoms with Crippen molar-refractivity contribution in [2.75, 3.05) is 6.54 Å². The number of fused-ring (bicyclic) bond motifs is 5. The fourth-order valence-corrected chi connectivity index (χ4v) is 10.3. The highest BCUT2D eigenvalue weighted by Crippen LogP contribution is 2.68. The van der Waals surface area contributed by atoms with Gasteiger partial charge in [-0.05, 0) is 135 Å². The average molecular weight is 481 g/mol. The van der Waals surface area contributed by atoms with Gasteiger partial charge in [0.15, 0.2) is 0 Å². The lowest BCUT2D eigenvalue weighted by molar-refractivity contribution is -0.139. The molecule has 197 valence electrons. The first-order chi connectivity index (χ1) is 16.7. The molecule has 5 aliphatic rings. The Balaban J connectivity index is 1.22. The largest absolute Gasteiger partial charge is 0.391 e. The van der Waals surface area contributed by atoms with Gasteiger partial charge in [-0.3, -0.25) is 0 Å². The van der Waals surface area contributed by atoms with Crippen molar-refractivity contribution in [3.63, 3.8) is 0 Å². The first-order valence-electron chi connectivity index (χ1n) is 15.3. The molecule has 0 saturated heterocycles. The van der Waals surface area contributed by atoms with Crippen molar-refractivity contribution in [2.45, 2.75) is 117 Å². The van der Waals surface area contributed by atoms with Crippen LogP contribution in [-0.2, 0) is 0 Å². The molecule has 1 unspecified atom stereocenters. The van der Waals surface area contributed by atoms with Crippen molar-refractivity contribution >= 4 is 0 Å². The van der Waals surface area contributed by atoms with Gasteiger partial charge in [-0.15, -0.1) is 0 Å². The summed E-state index contributed by atoms with van der Waals surface area (Å²) in [5.41, 5.74) is 0.904. The highest BCUT2D eigenvalue weighted by Gasteiger charge is 2.61. The van der Waals surface area contributed by atoms with E-state index in [1.54, 1.807) is 0 Å². The number of nitrogens with one attached hydrogen (secondary N) is 1. The maximum Gasteiger partial charge on any atom is 0.0698 e. The van der Waals surface area contributed by atoms with Crippen molar-refractivity contribution < 1.29 is 5.11 Å². The van der Waals surface area contributed by atoms with Crippen molar-refractivity contribution in [3.05, 3.63) is 31.6 Å². The number of aliphatic hydroxyl groups excluding tert-OH is 1. The van der Waals surface area contributed by atoms with Crippen molar-refractivity contribution in [3.8, 4) is 0 Å². The van der Waals surface area contributed by atoms with Crippen LogP contribution in [0.3, 0.4) is 0 Å². The minimum Gasteiger partial charge on any atom is -0.391 e. The molecule has 5 rings (SSSR count).